The van der Waals surface area contributed by atoms with Crippen molar-refractivity contribution in [2.45, 2.75) is 25.3 Å². The summed E-state index contributed by atoms with van der Waals surface area (Å²) in [6.45, 7) is 1.68. The molecule has 0 aliphatic carbocycles. The number of pyridine rings is 1. The van der Waals surface area contributed by atoms with Gasteiger partial charge in [0.05, 0.1) is 11.7 Å². The minimum absolute atomic E-state index is 0.184. The van der Waals surface area contributed by atoms with Crippen LogP contribution in [-0.2, 0) is 0 Å². The van der Waals surface area contributed by atoms with Crippen LogP contribution in [0.4, 0.5) is 11.6 Å². The Hall–Kier alpha value is -3.03. The summed E-state index contributed by atoms with van der Waals surface area (Å²) in [5, 5.41) is 11.1. The quantitative estimate of drug-likeness (QED) is 0.745. The first-order chi connectivity index (χ1) is 12.3. The SMILES string of the molecule is O=c1ccc(N2CCCCC2CNc2ncnc3cnccc23)n[nH]1. The van der Waals surface area contributed by atoms with Gasteiger partial charge in [-0.15, -0.1) is 0 Å². The lowest BCUT2D eigenvalue weighted by Gasteiger charge is -2.36. The van der Waals surface area contributed by atoms with E-state index in [-0.39, 0.29) is 5.56 Å². The summed E-state index contributed by atoms with van der Waals surface area (Å²) < 4.78 is 0. The summed E-state index contributed by atoms with van der Waals surface area (Å²) in [5.41, 5.74) is 0.638. The molecule has 0 bridgehead atoms. The monoisotopic (exact) mass is 337 g/mol. The van der Waals surface area contributed by atoms with Gasteiger partial charge in [-0.1, -0.05) is 0 Å². The number of rotatable bonds is 4. The van der Waals surface area contributed by atoms with E-state index in [9.17, 15) is 4.79 Å². The van der Waals surface area contributed by atoms with Gasteiger partial charge in [-0.2, -0.15) is 5.10 Å². The van der Waals surface area contributed by atoms with Crippen LogP contribution in [0.15, 0.2) is 41.7 Å². The van der Waals surface area contributed by atoms with E-state index in [4.69, 9.17) is 0 Å². The van der Waals surface area contributed by atoms with E-state index in [1.54, 1.807) is 24.8 Å². The molecule has 1 saturated heterocycles. The average molecular weight is 337 g/mol. The summed E-state index contributed by atoms with van der Waals surface area (Å²) in [6, 6.07) is 5.51. The highest BCUT2D eigenvalue weighted by molar-refractivity contribution is 5.87. The molecule has 1 aliphatic heterocycles. The summed E-state index contributed by atoms with van der Waals surface area (Å²) in [5.74, 6) is 1.62. The Labute approximate surface area is 144 Å². The fourth-order valence-electron chi connectivity index (χ4n) is 3.27. The van der Waals surface area contributed by atoms with Gasteiger partial charge in [0.25, 0.3) is 5.56 Å². The molecule has 1 atom stereocenters. The molecule has 2 N–H and O–H groups in total. The molecule has 4 heterocycles. The van der Waals surface area contributed by atoms with E-state index in [1.165, 1.54) is 12.5 Å². The number of hydrogen-bond acceptors (Lipinski definition) is 7. The summed E-state index contributed by atoms with van der Waals surface area (Å²) in [6.07, 6.45) is 8.40. The van der Waals surface area contributed by atoms with Gasteiger partial charge in [0.1, 0.15) is 18.0 Å². The number of nitrogens with zero attached hydrogens (tertiary/aromatic N) is 5. The molecule has 0 radical (unpaired) electrons. The fraction of sp³-hybridized carbons (Fsp3) is 0.353. The number of aromatic amines is 1. The second-order valence-corrected chi connectivity index (χ2v) is 6.12. The van der Waals surface area contributed by atoms with E-state index in [0.29, 0.717) is 6.04 Å². The molecule has 1 aliphatic rings. The molecule has 3 aromatic heterocycles. The second-order valence-electron chi connectivity index (χ2n) is 6.12. The second kappa shape index (κ2) is 6.84. The van der Waals surface area contributed by atoms with Crippen molar-refractivity contribution in [3.8, 4) is 0 Å². The average Bonchev–Trinajstić information content (AvgIpc) is 2.67. The van der Waals surface area contributed by atoms with Crippen LogP contribution >= 0.6 is 0 Å². The van der Waals surface area contributed by atoms with Gasteiger partial charge >= 0.3 is 0 Å². The fourth-order valence-corrected chi connectivity index (χ4v) is 3.27. The topological polar surface area (TPSA) is 99.7 Å². The highest BCUT2D eigenvalue weighted by Crippen LogP contribution is 2.23. The van der Waals surface area contributed by atoms with Crippen molar-refractivity contribution in [1.29, 1.82) is 0 Å². The van der Waals surface area contributed by atoms with E-state index in [1.807, 2.05) is 6.07 Å². The Bertz CT molecular complexity index is 900. The number of hydrogen-bond donors (Lipinski definition) is 2. The van der Waals surface area contributed by atoms with Gasteiger partial charge in [0, 0.05) is 36.8 Å². The molecule has 0 saturated carbocycles. The smallest absolute Gasteiger partial charge is 0.264 e. The lowest BCUT2D eigenvalue weighted by Crippen LogP contribution is -2.44. The Balaban J connectivity index is 1.53. The third-order valence-corrected chi connectivity index (χ3v) is 4.53. The first-order valence-corrected chi connectivity index (χ1v) is 8.42. The molecule has 8 heteroatoms. The Morgan fingerprint density at radius 2 is 2.20 bits per heavy atom. The van der Waals surface area contributed by atoms with Crippen molar-refractivity contribution in [2.75, 3.05) is 23.3 Å². The van der Waals surface area contributed by atoms with E-state index >= 15 is 0 Å². The highest BCUT2D eigenvalue weighted by Gasteiger charge is 2.24. The Kier molecular flexibility index (Phi) is 4.24. The van der Waals surface area contributed by atoms with Crippen molar-refractivity contribution in [2.24, 2.45) is 0 Å². The molecule has 0 amide bonds. The molecule has 3 aromatic rings. The molecular formula is C17H19N7O. The maximum Gasteiger partial charge on any atom is 0.264 e. The van der Waals surface area contributed by atoms with Crippen molar-refractivity contribution in [1.82, 2.24) is 25.1 Å². The van der Waals surface area contributed by atoms with Gasteiger partial charge < -0.3 is 10.2 Å². The standard InChI is InChI=1S/C17H19N7O/c25-16-5-4-15(22-23-16)24-8-2-1-3-12(24)9-19-17-13-6-7-18-10-14(13)20-11-21-17/h4-7,10-12H,1-3,8-9H2,(H,23,25)(H,19,20,21). The number of aromatic nitrogens is 5. The number of anilines is 2. The number of H-pyrrole nitrogens is 1. The molecule has 25 heavy (non-hydrogen) atoms. The zero-order valence-corrected chi connectivity index (χ0v) is 13.7. The lowest BCUT2D eigenvalue weighted by atomic mass is 10.0. The van der Waals surface area contributed by atoms with Crippen molar-refractivity contribution < 1.29 is 0 Å². The predicted octanol–water partition coefficient (Wildman–Crippen LogP) is 1.58. The van der Waals surface area contributed by atoms with Gasteiger partial charge in [0.2, 0.25) is 0 Å². The van der Waals surface area contributed by atoms with Gasteiger partial charge in [-0.25, -0.2) is 15.1 Å². The minimum Gasteiger partial charge on any atom is -0.367 e. The first kappa shape index (κ1) is 15.5. The maximum atomic E-state index is 11.3. The molecule has 0 aromatic carbocycles. The van der Waals surface area contributed by atoms with Gasteiger partial charge in [0.15, 0.2) is 0 Å². The number of piperidine rings is 1. The molecule has 128 valence electrons. The Morgan fingerprint density at radius 3 is 3.08 bits per heavy atom. The van der Waals surface area contributed by atoms with Crippen LogP contribution in [0, 0.1) is 0 Å². The van der Waals surface area contributed by atoms with Crippen molar-refractivity contribution >= 4 is 22.5 Å². The van der Waals surface area contributed by atoms with Crippen molar-refractivity contribution in [3.05, 3.63) is 47.3 Å². The summed E-state index contributed by atoms with van der Waals surface area (Å²) in [4.78, 5) is 26.2. The van der Waals surface area contributed by atoms with Crippen LogP contribution in [0.1, 0.15) is 19.3 Å². The molecule has 1 unspecified atom stereocenters. The van der Waals surface area contributed by atoms with Crippen LogP contribution in [0.2, 0.25) is 0 Å². The normalized spacial score (nSPS) is 17.6. The molecule has 8 nitrogen and oxygen atoms in total. The van der Waals surface area contributed by atoms with Crippen LogP contribution in [0.25, 0.3) is 10.9 Å². The molecule has 1 fully saturated rings. The molecule has 4 rings (SSSR count). The third kappa shape index (κ3) is 3.28. The van der Waals surface area contributed by atoms with Crippen molar-refractivity contribution in [3.63, 3.8) is 0 Å². The summed E-state index contributed by atoms with van der Waals surface area (Å²) in [7, 11) is 0. The van der Waals surface area contributed by atoms with Crippen LogP contribution < -0.4 is 15.8 Å². The predicted molar refractivity (Wildman–Crippen MR) is 95.7 cm³/mol. The molecular weight excluding hydrogens is 318 g/mol. The lowest BCUT2D eigenvalue weighted by molar-refractivity contribution is 0.467. The van der Waals surface area contributed by atoms with Gasteiger partial charge in [-0.3, -0.25) is 9.78 Å². The highest BCUT2D eigenvalue weighted by atomic mass is 16.1. The molecule has 0 spiro atoms. The largest absolute Gasteiger partial charge is 0.367 e. The maximum absolute atomic E-state index is 11.3. The van der Waals surface area contributed by atoms with E-state index in [0.717, 1.165) is 48.5 Å². The third-order valence-electron chi connectivity index (χ3n) is 4.53. The number of fused-ring (bicyclic) bond motifs is 1. The van der Waals surface area contributed by atoms with Gasteiger partial charge in [-0.05, 0) is 31.4 Å². The van der Waals surface area contributed by atoms with E-state index in [2.05, 4.69) is 35.4 Å². The van der Waals surface area contributed by atoms with E-state index < -0.39 is 0 Å². The number of nitrogens with one attached hydrogen (secondary N) is 2. The van der Waals surface area contributed by atoms with Crippen LogP contribution in [-0.4, -0.2) is 44.3 Å². The zero-order chi connectivity index (χ0) is 17.1. The zero-order valence-electron chi connectivity index (χ0n) is 13.7. The van der Waals surface area contributed by atoms with Crippen LogP contribution in [0.5, 0.6) is 0 Å². The Morgan fingerprint density at radius 1 is 1.24 bits per heavy atom. The van der Waals surface area contributed by atoms with Crippen LogP contribution in [0.3, 0.4) is 0 Å². The summed E-state index contributed by atoms with van der Waals surface area (Å²) >= 11 is 0. The first-order valence-electron chi connectivity index (χ1n) is 8.42. The minimum atomic E-state index is -0.184.